The van der Waals surface area contributed by atoms with Crippen LogP contribution >= 0.6 is 24.0 Å². The van der Waals surface area contributed by atoms with E-state index in [0.717, 1.165) is 5.75 Å². The molecule has 0 nitrogen and oxygen atoms in total. The zero-order valence-electron chi connectivity index (χ0n) is 10.4. The lowest BCUT2D eigenvalue weighted by Gasteiger charge is -2.20. The molecule has 0 aliphatic heterocycles. The van der Waals surface area contributed by atoms with Crippen LogP contribution in [0.25, 0.3) is 0 Å². The lowest BCUT2D eigenvalue weighted by Crippen LogP contribution is -2.12. The van der Waals surface area contributed by atoms with Crippen LogP contribution in [0, 0.1) is 0 Å². The van der Waals surface area contributed by atoms with E-state index in [1.54, 1.807) is 0 Å². The predicted octanol–water partition coefficient (Wildman–Crippen LogP) is 5.15. The Balaban J connectivity index is 0.000000336. The maximum absolute atomic E-state index is 4.00. The summed E-state index contributed by atoms with van der Waals surface area (Å²) in [4.78, 5) is 1.50. The van der Waals surface area contributed by atoms with Crippen molar-refractivity contribution < 1.29 is 0 Å². The van der Waals surface area contributed by atoms with Gasteiger partial charge in [0.05, 0.1) is 0 Å². The zero-order valence-corrected chi connectivity index (χ0v) is 12.1. The summed E-state index contributed by atoms with van der Waals surface area (Å²) in [6.45, 7) is 8.98. The van der Waals surface area contributed by atoms with E-state index >= 15 is 0 Å². The Hall–Kier alpha value is 0.0500. The molecule has 0 atom stereocenters. The van der Waals surface area contributed by atoms with Crippen molar-refractivity contribution in [3.63, 3.8) is 0 Å². The molecule has 0 aliphatic carbocycles. The minimum atomic E-state index is 0.383. The maximum atomic E-state index is 4.00. The smallest absolute Gasteiger partial charge is 0.0101 e. The molecule has 0 fully saturated rings. The molecule has 0 bridgehead atoms. The Morgan fingerprint density at radius 1 is 1.33 bits per heavy atom. The highest BCUT2D eigenvalue weighted by Crippen LogP contribution is 2.29. The summed E-state index contributed by atoms with van der Waals surface area (Å²) in [5.41, 5.74) is 0.383. The molecule has 2 heteroatoms. The van der Waals surface area contributed by atoms with Crippen LogP contribution in [0.3, 0.4) is 0 Å². The highest BCUT2D eigenvalue weighted by molar-refractivity contribution is 7.80. The summed E-state index contributed by atoms with van der Waals surface area (Å²) in [5, 5.41) is 2.15. The third-order valence-electron chi connectivity index (χ3n) is 2.58. The van der Waals surface area contributed by atoms with E-state index in [9.17, 15) is 0 Å². The fourth-order valence-electron chi connectivity index (χ4n) is 0.996. The molecular weight excluding hydrogens is 220 g/mol. The lowest BCUT2D eigenvalue weighted by atomic mass is 9.89. The van der Waals surface area contributed by atoms with Crippen LogP contribution in [0.5, 0.6) is 0 Å². The second kappa shape index (κ2) is 8.23. The molecule has 0 aromatic carbocycles. The van der Waals surface area contributed by atoms with E-state index in [1.165, 1.54) is 24.1 Å². The molecular formula is C13H24S2. The highest BCUT2D eigenvalue weighted by Gasteiger charge is 2.17. The number of thiol groups is 1. The molecule has 0 N–H and O–H groups in total. The van der Waals surface area contributed by atoms with Gasteiger partial charge in [-0.25, -0.2) is 0 Å². The molecule has 1 aromatic heterocycles. The van der Waals surface area contributed by atoms with Crippen molar-refractivity contribution in [3.05, 3.63) is 22.4 Å². The summed E-state index contributed by atoms with van der Waals surface area (Å²) in [5.74, 6) is 1.04. The Morgan fingerprint density at radius 2 is 2.00 bits per heavy atom. The molecule has 1 aromatic rings. The van der Waals surface area contributed by atoms with Crippen molar-refractivity contribution in [3.8, 4) is 0 Å². The molecule has 0 saturated heterocycles. The highest BCUT2D eigenvalue weighted by atomic mass is 32.1. The van der Waals surface area contributed by atoms with Crippen molar-refractivity contribution in [2.24, 2.45) is 0 Å². The minimum Gasteiger partial charge on any atom is -0.179 e. The fraction of sp³-hybridized carbons (Fsp3) is 0.692. The first kappa shape index (κ1) is 15.0. The Kier molecular flexibility index (Phi) is 8.26. The fourth-order valence-corrected chi connectivity index (χ4v) is 2.24. The van der Waals surface area contributed by atoms with E-state index in [1.807, 2.05) is 11.3 Å². The van der Waals surface area contributed by atoms with Crippen molar-refractivity contribution in [1.82, 2.24) is 0 Å². The van der Waals surface area contributed by atoms with Gasteiger partial charge in [-0.3, -0.25) is 0 Å². The first-order valence-corrected chi connectivity index (χ1v) is 7.24. The average molecular weight is 244 g/mol. The number of hydrogen-bond donors (Lipinski definition) is 1. The summed E-state index contributed by atoms with van der Waals surface area (Å²) in [6, 6.07) is 4.34. The summed E-state index contributed by atoms with van der Waals surface area (Å²) in [7, 11) is 0. The molecule has 88 valence electrons. The number of unbranched alkanes of at least 4 members (excludes halogenated alkanes) is 1. The first-order chi connectivity index (χ1) is 7.08. The SMILES string of the molecule is CCC(C)(C)c1cccs1.CCCCS. The standard InChI is InChI=1S/C9H14S.C4H10S/c1-4-9(2,3)8-6-5-7-10-8;1-2-3-4-5/h5-7H,4H2,1-3H3;5H,2-4H2,1H3. The molecule has 0 unspecified atom stereocenters. The van der Waals surface area contributed by atoms with Crippen molar-refractivity contribution in [2.45, 2.75) is 52.4 Å². The summed E-state index contributed by atoms with van der Waals surface area (Å²) >= 11 is 5.86. The van der Waals surface area contributed by atoms with Gasteiger partial charge in [-0.15, -0.1) is 11.3 Å². The summed E-state index contributed by atoms with van der Waals surface area (Å²) < 4.78 is 0. The quantitative estimate of drug-likeness (QED) is 0.696. The molecule has 15 heavy (non-hydrogen) atoms. The van der Waals surface area contributed by atoms with Gasteiger partial charge in [0, 0.05) is 4.88 Å². The third-order valence-corrected chi connectivity index (χ3v) is 4.14. The van der Waals surface area contributed by atoms with Crippen LogP contribution in [-0.4, -0.2) is 5.75 Å². The van der Waals surface area contributed by atoms with Gasteiger partial charge in [0.1, 0.15) is 0 Å². The van der Waals surface area contributed by atoms with Crippen LogP contribution < -0.4 is 0 Å². The van der Waals surface area contributed by atoms with Gasteiger partial charge < -0.3 is 0 Å². The van der Waals surface area contributed by atoms with E-state index < -0.39 is 0 Å². The molecule has 0 radical (unpaired) electrons. The molecule has 0 aliphatic rings. The van der Waals surface area contributed by atoms with E-state index in [2.05, 4.69) is 57.8 Å². The number of rotatable bonds is 4. The molecule has 0 spiro atoms. The number of hydrogen-bond acceptors (Lipinski definition) is 2. The van der Waals surface area contributed by atoms with Crippen molar-refractivity contribution >= 4 is 24.0 Å². The number of thiophene rings is 1. The zero-order chi connectivity index (χ0) is 11.7. The van der Waals surface area contributed by atoms with Crippen LogP contribution in [0.4, 0.5) is 0 Å². The first-order valence-electron chi connectivity index (χ1n) is 5.73. The Labute approximate surface area is 105 Å². The van der Waals surface area contributed by atoms with Crippen LogP contribution in [0.2, 0.25) is 0 Å². The van der Waals surface area contributed by atoms with Gasteiger partial charge in [-0.2, -0.15) is 12.6 Å². The molecule has 0 saturated carbocycles. The van der Waals surface area contributed by atoms with Crippen molar-refractivity contribution in [1.29, 1.82) is 0 Å². The van der Waals surface area contributed by atoms with Gasteiger partial charge >= 0.3 is 0 Å². The second-order valence-electron chi connectivity index (χ2n) is 4.29. The Morgan fingerprint density at radius 3 is 2.27 bits per heavy atom. The minimum absolute atomic E-state index is 0.383. The van der Waals surface area contributed by atoms with Crippen LogP contribution in [0.15, 0.2) is 17.5 Å². The average Bonchev–Trinajstić information content (AvgIpc) is 2.73. The largest absolute Gasteiger partial charge is 0.179 e. The lowest BCUT2D eigenvalue weighted by molar-refractivity contribution is 0.517. The van der Waals surface area contributed by atoms with Crippen LogP contribution in [0.1, 0.15) is 51.8 Å². The maximum Gasteiger partial charge on any atom is 0.0101 e. The Bertz CT molecular complexity index is 223. The van der Waals surface area contributed by atoms with Gasteiger partial charge in [0.25, 0.3) is 0 Å². The van der Waals surface area contributed by atoms with Gasteiger partial charge in [-0.05, 0) is 35.5 Å². The van der Waals surface area contributed by atoms with Crippen molar-refractivity contribution in [2.75, 3.05) is 5.75 Å². The van der Waals surface area contributed by atoms with E-state index in [0.29, 0.717) is 5.41 Å². The molecule has 1 rings (SSSR count). The molecule has 1 heterocycles. The second-order valence-corrected chi connectivity index (χ2v) is 5.69. The van der Waals surface area contributed by atoms with Gasteiger partial charge in [0.2, 0.25) is 0 Å². The normalized spacial score (nSPS) is 10.7. The topological polar surface area (TPSA) is 0 Å². The van der Waals surface area contributed by atoms with Gasteiger partial charge in [0.15, 0.2) is 0 Å². The predicted molar refractivity (Wildman–Crippen MR) is 76.4 cm³/mol. The third kappa shape index (κ3) is 6.26. The van der Waals surface area contributed by atoms with Gasteiger partial charge in [-0.1, -0.05) is 40.2 Å². The van der Waals surface area contributed by atoms with E-state index in [4.69, 9.17) is 0 Å². The summed E-state index contributed by atoms with van der Waals surface area (Å²) in [6.07, 6.45) is 3.74. The monoisotopic (exact) mass is 244 g/mol. The molecule has 0 amide bonds. The van der Waals surface area contributed by atoms with Crippen LogP contribution in [-0.2, 0) is 5.41 Å². The van der Waals surface area contributed by atoms with E-state index in [-0.39, 0.29) is 0 Å².